The first-order valence-corrected chi connectivity index (χ1v) is 5.99. The number of amides is 1. The molecule has 0 atom stereocenters. The maximum absolute atomic E-state index is 11.4. The number of thiocarbonyl (C=S) groups is 1. The topological polar surface area (TPSA) is 66.9 Å². The predicted octanol–water partition coefficient (Wildman–Crippen LogP) is 0.729. The molecule has 1 heterocycles. The molecule has 1 amide bonds. The second kappa shape index (κ2) is 5.23. The number of hydrogen-bond acceptors (Lipinski definition) is 6. The molecule has 8 heteroatoms. The molecule has 0 radical (unpaired) electrons. The lowest BCUT2D eigenvalue weighted by atomic mass is 10.4. The SMILES string of the molecule is CSC(=S)NNC(=O)c1snnc1C. The number of rotatable bonds is 1. The van der Waals surface area contributed by atoms with Crippen molar-refractivity contribution in [2.24, 2.45) is 0 Å². The van der Waals surface area contributed by atoms with Crippen LogP contribution in [0.5, 0.6) is 0 Å². The molecule has 0 aliphatic heterocycles. The van der Waals surface area contributed by atoms with Crippen molar-refractivity contribution >= 4 is 45.7 Å². The van der Waals surface area contributed by atoms with Crippen LogP contribution in [-0.4, -0.2) is 26.1 Å². The van der Waals surface area contributed by atoms with Gasteiger partial charge in [0.05, 0.1) is 5.69 Å². The summed E-state index contributed by atoms with van der Waals surface area (Å²) in [6, 6.07) is 0. The van der Waals surface area contributed by atoms with E-state index in [4.69, 9.17) is 12.2 Å². The van der Waals surface area contributed by atoms with Gasteiger partial charge in [-0.15, -0.1) is 5.10 Å². The third-order valence-corrected chi connectivity index (χ3v) is 3.22. The van der Waals surface area contributed by atoms with Gasteiger partial charge in [0.2, 0.25) is 0 Å². The zero-order valence-electron chi connectivity index (χ0n) is 7.53. The maximum atomic E-state index is 11.4. The van der Waals surface area contributed by atoms with Crippen LogP contribution in [-0.2, 0) is 0 Å². The standard InChI is InChI=1S/C6H8N4OS3/c1-3-4(14-10-7-3)5(11)8-9-6(12)13-2/h1-2H3,(H,8,11)(H,9,12). The number of carbonyl (C=O) groups excluding carboxylic acids is 1. The number of hydrogen-bond donors (Lipinski definition) is 2. The summed E-state index contributed by atoms with van der Waals surface area (Å²) in [7, 11) is 0. The Morgan fingerprint density at radius 1 is 1.57 bits per heavy atom. The van der Waals surface area contributed by atoms with Crippen molar-refractivity contribution in [3.63, 3.8) is 0 Å². The highest BCUT2D eigenvalue weighted by atomic mass is 32.2. The Morgan fingerprint density at radius 2 is 2.29 bits per heavy atom. The summed E-state index contributed by atoms with van der Waals surface area (Å²) in [6.45, 7) is 1.73. The molecule has 0 aliphatic rings. The highest BCUT2D eigenvalue weighted by Crippen LogP contribution is 2.07. The molecule has 1 rings (SSSR count). The molecule has 0 fully saturated rings. The first-order valence-electron chi connectivity index (χ1n) is 3.58. The number of nitrogens with one attached hydrogen (secondary N) is 2. The van der Waals surface area contributed by atoms with Gasteiger partial charge in [0.25, 0.3) is 5.91 Å². The molecular weight excluding hydrogens is 240 g/mol. The number of aryl methyl sites for hydroxylation is 1. The molecule has 0 saturated heterocycles. The molecule has 76 valence electrons. The quantitative estimate of drug-likeness (QED) is 0.564. The van der Waals surface area contributed by atoms with Crippen molar-refractivity contribution in [2.75, 3.05) is 6.26 Å². The van der Waals surface area contributed by atoms with Crippen molar-refractivity contribution in [3.05, 3.63) is 10.6 Å². The third kappa shape index (κ3) is 2.89. The second-order valence-electron chi connectivity index (χ2n) is 2.26. The number of aromatic nitrogens is 2. The number of nitrogens with zero attached hydrogens (tertiary/aromatic N) is 2. The van der Waals surface area contributed by atoms with Gasteiger partial charge >= 0.3 is 0 Å². The van der Waals surface area contributed by atoms with Crippen LogP contribution in [0.4, 0.5) is 0 Å². The molecule has 0 saturated carbocycles. The van der Waals surface area contributed by atoms with E-state index in [9.17, 15) is 4.79 Å². The molecule has 14 heavy (non-hydrogen) atoms. The zero-order valence-corrected chi connectivity index (χ0v) is 9.98. The van der Waals surface area contributed by atoms with E-state index in [0.29, 0.717) is 14.9 Å². The van der Waals surface area contributed by atoms with Crippen LogP contribution in [0, 0.1) is 6.92 Å². The Kier molecular flexibility index (Phi) is 4.23. The van der Waals surface area contributed by atoms with Crippen LogP contribution < -0.4 is 10.9 Å². The van der Waals surface area contributed by atoms with Gasteiger partial charge in [0.15, 0.2) is 4.32 Å². The summed E-state index contributed by atoms with van der Waals surface area (Å²) in [5.41, 5.74) is 5.66. The van der Waals surface area contributed by atoms with Crippen LogP contribution >= 0.6 is 35.5 Å². The molecule has 2 N–H and O–H groups in total. The fraction of sp³-hybridized carbons (Fsp3) is 0.333. The van der Waals surface area contributed by atoms with Crippen molar-refractivity contribution in [1.82, 2.24) is 20.4 Å². The Morgan fingerprint density at radius 3 is 2.79 bits per heavy atom. The summed E-state index contributed by atoms with van der Waals surface area (Å²) < 4.78 is 4.16. The smallest absolute Gasteiger partial charge is 0.283 e. The van der Waals surface area contributed by atoms with Gasteiger partial charge in [0.1, 0.15) is 4.88 Å². The molecule has 0 unspecified atom stereocenters. The van der Waals surface area contributed by atoms with Crippen LogP contribution in [0.25, 0.3) is 0 Å². The van der Waals surface area contributed by atoms with Crippen molar-refractivity contribution in [3.8, 4) is 0 Å². The summed E-state index contributed by atoms with van der Waals surface area (Å²) >= 11 is 7.24. The molecule has 0 aliphatic carbocycles. The van der Waals surface area contributed by atoms with Crippen molar-refractivity contribution in [2.45, 2.75) is 6.92 Å². The van der Waals surface area contributed by atoms with Gasteiger partial charge < -0.3 is 0 Å². The third-order valence-electron chi connectivity index (χ3n) is 1.32. The molecule has 5 nitrogen and oxygen atoms in total. The Labute approximate surface area is 94.8 Å². The van der Waals surface area contributed by atoms with Gasteiger partial charge in [-0.2, -0.15) is 0 Å². The predicted molar refractivity (Wildman–Crippen MR) is 61.4 cm³/mol. The normalized spacial score (nSPS) is 9.57. The lowest BCUT2D eigenvalue weighted by Gasteiger charge is -2.05. The van der Waals surface area contributed by atoms with Crippen LogP contribution in [0.15, 0.2) is 0 Å². The van der Waals surface area contributed by atoms with Crippen LogP contribution in [0.2, 0.25) is 0 Å². The van der Waals surface area contributed by atoms with Gasteiger partial charge in [-0.25, -0.2) is 0 Å². The van der Waals surface area contributed by atoms with E-state index >= 15 is 0 Å². The molecule has 0 spiro atoms. The van der Waals surface area contributed by atoms with Gasteiger partial charge in [-0.05, 0) is 24.7 Å². The van der Waals surface area contributed by atoms with E-state index in [0.717, 1.165) is 11.5 Å². The minimum absolute atomic E-state index is 0.270. The highest BCUT2D eigenvalue weighted by molar-refractivity contribution is 8.22. The lowest BCUT2D eigenvalue weighted by molar-refractivity contribution is 0.0948. The summed E-state index contributed by atoms with van der Waals surface area (Å²) in [4.78, 5) is 11.9. The van der Waals surface area contributed by atoms with Crippen LogP contribution in [0.1, 0.15) is 15.4 Å². The van der Waals surface area contributed by atoms with E-state index < -0.39 is 0 Å². The van der Waals surface area contributed by atoms with E-state index in [-0.39, 0.29) is 5.91 Å². The summed E-state index contributed by atoms with van der Waals surface area (Å²) in [6.07, 6.45) is 1.82. The highest BCUT2D eigenvalue weighted by Gasteiger charge is 2.12. The Balaban J connectivity index is 2.52. The first-order chi connectivity index (χ1) is 6.65. The molecular formula is C6H8N4OS3. The second-order valence-corrected chi connectivity index (χ2v) is 4.50. The number of carbonyl (C=O) groups is 1. The van der Waals surface area contributed by atoms with Crippen molar-refractivity contribution < 1.29 is 4.79 Å². The Bertz CT molecular complexity index is 351. The average Bonchev–Trinajstić information content (AvgIpc) is 2.60. The minimum Gasteiger partial charge on any atom is -0.283 e. The first kappa shape index (κ1) is 11.3. The average molecular weight is 248 g/mol. The van der Waals surface area contributed by atoms with Crippen molar-refractivity contribution in [1.29, 1.82) is 0 Å². The van der Waals surface area contributed by atoms with Gasteiger partial charge in [-0.1, -0.05) is 28.5 Å². The number of thioether (sulfide) groups is 1. The van der Waals surface area contributed by atoms with E-state index in [2.05, 4.69) is 20.4 Å². The van der Waals surface area contributed by atoms with E-state index in [1.54, 1.807) is 6.92 Å². The van der Waals surface area contributed by atoms with Gasteiger partial charge in [-0.3, -0.25) is 15.6 Å². The van der Waals surface area contributed by atoms with E-state index in [1.165, 1.54) is 11.8 Å². The zero-order chi connectivity index (χ0) is 10.6. The minimum atomic E-state index is -0.270. The van der Waals surface area contributed by atoms with Gasteiger partial charge in [0, 0.05) is 0 Å². The lowest BCUT2D eigenvalue weighted by Crippen LogP contribution is -2.39. The van der Waals surface area contributed by atoms with Crippen LogP contribution in [0.3, 0.4) is 0 Å². The summed E-state index contributed by atoms with van der Waals surface area (Å²) in [5, 5.41) is 3.73. The monoisotopic (exact) mass is 248 g/mol. The van der Waals surface area contributed by atoms with E-state index in [1.807, 2.05) is 6.26 Å². The molecule has 1 aromatic rings. The number of hydrazine groups is 1. The summed E-state index contributed by atoms with van der Waals surface area (Å²) in [5.74, 6) is -0.270. The molecule has 1 aromatic heterocycles. The maximum Gasteiger partial charge on any atom is 0.283 e. The Hall–Kier alpha value is -0.730. The molecule has 0 aromatic carbocycles. The fourth-order valence-corrected chi connectivity index (χ4v) is 1.41. The fourth-order valence-electron chi connectivity index (χ4n) is 0.655. The molecule has 0 bridgehead atoms. The largest absolute Gasteiger partial charge is 0.283 e.